The maximum absolute atomic E-state index is 13.2. The molecule has 7 nitrogen and oxygen atoms in total. The van der Waals surface area contributed by atoms with Gasteiger partial charge in [-0.15, -0.1) is 0 Å². The first-order chi connectivity index (χ1) is 16.1. The number of pyridine rings is 1. The van der Waals surface area contributed by atoms with Crippen molar-refractivity contribution in [2.24, 2.45) is 5.92 Å². The Labute approximate surface area is 195 Å². The molecule has 1 aliphatic heterocycles. The van der Waals surface area contributed by atoms with Gasteiger partial charge in [0.1, 0.15) is 11.3 Å². The normalized spacial score (nSPS) is 14.4. The van der Waals surface area contributed by atoms with Gasteiger partial charge in [-0.3, -0.25) is 9.59 Å². The Morgan fingerprint density at radius 2 is 1.82 bits per heavy atom. The third kappa shape index (κ3) is 4.45. The van der Waals surface area contributed by atoms with Gasteiger partial charge >= 0.3 is 0 Å². The summed E-state index contributed by atoms with van der Waals surface area (Å²) < 4.78 is 5.55. The average molecular weight is 461 g/mol. The van der Waals surface area contributed by atoms with Gasteiger partial charge in [0, 0.05) is 36.3 Å². The van der Waals surface area contributed by atoms with Gasteiger partial charge in [-0.1, -0.05) is 47.1 Å². The number of piperidine rings is 1. The van der Waals surface area contributed by atoms with E-state index in [4.69, 9.17) is 16.1 Å². The third-order valence-electron chi connectivity index (χ3n) is 5.89. The van der Waals surface area contributed by atoms with Crippen LogP contribution in [0.4, 0.5) is 5.82 Å². The van der Waals surface area contributed by atoms with Crippen molar-refractivity contribution in [3.63, 3.8) is 0 Å². The molecule has 3 heterocycles. The summed E-state index contributed by atoms with van der Waals surface area (Å²) in [5.41, 5.74) is 2.19. The molecule has 1 saturated heterocycles. The maximum atomic E-state index is 13.2. The number of benzene rings is 2. The highest BCUT2D eigenvalue weighted by molar-refractivity contribution is 6.30. The lowest BCUT2D eigenvalue weighted by Gasteiger charge is -2.31. The molecule has 2 amide bonds. The Kier molecular flexibility index (Phi) is 5.79. The molecular formula is C25H21ClN4O3. The minimum absolute atomic E-state index is 0.0599. The summed E-state index contributed by atoms with van der Waals surface area (Å²) in [6.07, 6.45) is 2.68. The van der Waals surface area contributed by atoms with Gasteiger partial charge in [0.2, 0.25) is 5.91 Å². The smallest absolute Gasteiger partial charge is 0.253 e. The van der Waals surface area contributed by atoms with E-state index in [1.807, 2.05) is 36.4 Å². The summed E-state index contributed by atoms with van der Waals surface area (Å²) in [5, 5.41) is 8.26. The quantitative estimate of drug-likeness (QED) is 0.461. The fraction of sp³-hybridized carbons (Fsp3) is 0.200. The second kappa shape index (κ2) is 9.03. The van der Waals surface area contributed by atoms with E-state index in [1.54, 1.807) is 29.2 Å². The van der Waals surface area contributed by atoms with E-state index in [0.29, 0.717) is 53.6 Å². The van der Waals surface area contributed by atoms with Gasteiger partial charge in [0.05, 0.1) is 10.4 Å². The minimum atomic E-state index is -0.170. The third-order valence-corrected chi connectivity index (χ3v) is 6.11. The van der Waals surface area contributed by atoms with Crippen molar-refractivity contribution in [1.29, 1.82) is 0 Å². The van der Waals surface area contributed by atoms with Crippen LogP contribution < -0.4 is 5.32 Å². The number of halogens is 1. The van der Waals surface area contributed by atoms with Gasteiger partial charge in [-0.05, 0) is 43.2 Å². The summed E-state index contributed by atoms with van der Waals surface area (Å²) in [4.78, 5) is 31.6. The number of anilines is 1. The van der Waals surface area contributed by atoms with Crippen LogP contribution in [0.3, 0.4) is 0 Å². The van der Waals surface area contributed by atoms with Gasteiger partial charge in [0.25, 0.3) is 5.91 Å². The molecule has 8 heteroatoms. The zero-order valence-electron chi connectivity index (χ0n) is 17.7. The van der Waals surface area contributed by atoms with Crippen molar-refractivity contribution < 1.29 is 14.1 Å². The number of carbonyl (C=O) groups is 2. The Morgan fingerprint density at radius 3 is 2.55 bits per heavy atom. The first-order valence-electron chi connectivity index (χ1n) is 10.7. The molecule has 2 aromatic carbocycles. The number of hydrogen-bond acceptors (Lipinski definition) is 5. The molecule has 1 fully saturated rings. The zero-order chi connectivity index (χ0) is 22.8. The van der Waals surface area contributed by atoms with Crippen LogP contribution in [-0.2, 0) is 4.79 Å². The topological polar surface area (TPSA) is 88.3 Å². The molecule has 0 radical (unpaired) electrons. The van der Waals surface area contributed by atoms with E-state index >= 15 is 0 Å². The number of aromatic nitrogens is 2. The lowest BCUT2D eigenvalue weighted by molar-refractivity contribution is -0.121. The standard InChI is InChI=1S/C25H21ClN4O3/c26-19-7-9-22(27-15-19)28-24(31)17-10-12-30(13-11-17)25(32)18-6-8-21-20(14-18)23(33-29-21)16-4-2-1-3-5-16/h1-9,14-15,17H,10-13H2,(H,27,28,31). The van der Waals surface area contributed by atoms with Gasteiger partial charge in [0.15, 0.2) is 5.76 Å². The highest BCUT2D eigenvalue weighted by Gasteiger charge is 2.28. The molecule has 5 rings (SSSR count). The zero-order valence-corrected chi connectivity index (χ0v) is 18.5. The van der Waals surface area contributed by atoms with E-state index < -0.39 is 0 Å². The second-order valence-electron chi connectivity index (χ2n) is 8.03. The molecule has 0 saturated carbocycles. The van der Waals surface area contributed by atoms with Crippen LogP contribution in [0.5, 0.6) is 0 Å². The van der Waals surface area contributed by atoms with E-state index in [1.165, 1.54) is 6.20 Å². The van der Waals surface area contributed by atoms with Crippen LogP contribution in [-0.4, -0.2) is 39.9 Å². The summed E-state index contributed by atoms with van der Waals surface area (Å²) in [5.74, 6) is 0.799. The fourth-order valence-electron chi connectivity index (χ4n) is 4.08. The van der Waals surface area contributed by atoms with Crippen molar-refractivity contribution >= 4 is 40.1 Å². The summed E-state index contributed by atoms with van der Waals surface area (Å²) in [7, 11) is 0. The monoisotopic (exact) mass is 460 g/mol. The molecule has 0 atom stereocenters. The number of carbonyl (C=O) groups excluding carboxylic acids is 2. The number of rotatable bonds is 4. The Balaban J connectivity index is 1.26. The van der Waals surface area contributed by atoms with Crippen molar-refractivity contribution in [2.45, 2.75) is 12.8 Å². The molecule has 0 spiro atoms. The van der Waals surface area contributed by atoms with Crippen LogP contribution >= 0.6 is 11.6 Å². The largest absolute Gasteiger partial charge is 0.355 e. The van der Waals surface area contributed by atoms with Crippen LogP contribution in [0.2, 0.25) is 5.02 Å². The number of nitrogens with one attached hydrogen (secondary N) is 1. The highest BCUT2D eigenvalue weighted by atomic mass is 35.5. The van der Waals surface area contributed by atoms with Crippen molar-refractivity contribution in [3.05, 3.63) is 77.4 Å². The number of nitrogens with zero attached hydrogens (tertiary/aromatic N) is 3. The maximum Gasteiger partial charge on any atom is 0.253 e. The Morgan fingerprint density at radius 1 is 1.03 bits per heavy atom. The summed E-state index contributed by atoms with van der Waals surface area (Å²) in [6.45, 7) is 1.02. The van der Waals surface area contributed by atoms with Crippen molar-refractivity contribution in [2.75, 3.05) is 18.4 Å². The first-order valence-corrected chi connectivity index (χ1v) is 11.1. The van der Waals surface area contributed by atoms with Crippen molar-refractivity contribution in [3.8, 4) is 11.3 Å². The molecule has 1 N–H and O–H groups in total. The lowest BCUT2D eigenvalue weighted by Crippen LogP contribution is -2.41. The predicted octanol–water partition coefficient (Wildman–Crippen LogP) is 5.03. The SMILES string of the molecule is O=C(Nc1ccc(Cl)cn1)C1CCN(C(=O)c2ccc3noc(-c4ccccc4)c3c2)CC1. The van der Waals surface area contributed by atoms with E-state index in [9.17, 15) is 9.59 Å². The lowest BCUT2D eigenvalue weighted by atomic mass is 9.95. The summed E-state index contributed by atoms with van der Waals surface area (Å²) in [6, 6.07) is 18.5. The number of amides is 2. The number of likely N-dealkylation sites (tertiary alicyclic amines) is 1. The van der Waals surface area contributed by atoms with Gasteiger partial charge < -0.3 is 14.7 Å². The molecule has 2 aromatic heterocycles. The second-order valence-corrected chi connectivity index (χ2v) is 8.46. The molecule has 33 heavy (non-hydrogen) atoms. The van der Waals surface area contributed by atoms with Gasteiger partial charge in [-0.2, -0.15) is 0 Å². The number of fused-ring (bicyclic) bond motifs is 1. The minimum Gasteiger partial charge on any atom is -0.355 e. The van der Waals surface area contributed by atoms with Gasteiger partial charge in [-0.25, -0.2) is 4.98 Å². The highest BCUT2D eigenvalue weighted by Crippen LogP contribution is 2.30. The first kappa shape index (κ1) is 21.2. The van der Waals surface area contributed by atoms with Crippen LogP contribution in [0, 0.1) is 5.92 Å². The molecule has 0 bridgehead atoms. The summed E-state index contributed by atoms with van der Waals surface area (Å²) >= 11 is 5.84. The van der Waals surface area contributed by atoms with Crippen molar-refractivity contribution in [1.82, 2.24) is 15.0 Å². The van der Waals surface area contributed by atoms with Crippen LogP contribution in [0.15, 0.2) is 71.4 Å². The average Bonchev–Trinajstić information content (AvgIpc) is 3.29. The fourth-order valence-corrected chi connectivity index (χ4v) is 4.19. The van der Waals surface area contributed by atoms with E-state index in [0.717, 1.165) is 10.9 Å². The Bertz CT molecular complexity index is 1300. The van der Waals surface area contributed by atoms with E-state index in [2.05, 4.69) is 15.5 Å². The molecule has 166 valence electrons. The van der Waals surface area contributed by atoms with Crippen LogP contribution in [0.1, 0.15) is 23.2 Å². The molecule has 0 aliphatic carbocycles. The Hall–Kier alpha value is -3.71. The molecule has 1 aliphatic rings. The molecular weight excluding hydrogens is 440 g/mol. The molecule has 0 unspecified atom stereocenters. The number of hydrogen-bond donors (Lipinski definition) is 1. The van der Waals surface area contributed by atoms with Crippen LogP contribution in [0.25, 0.3) is 22.2 Å². The van der Waals surface area contributed by atoms with E-state index in [-0.39, 0.29) is 17.7 Å². The molecule has 4 aromatic rings. The predicted molar refractivity (Wildman–Crippen MR) is 126 cm³/mol.